The van der Waals surface area contributed by atoms with Crippen LogP contribution < -0.4 is 16.5 Å². The van der Waals surface area contributed by atoms with E-state index >= 15 is 0 Å². The van der Waals surface area contributed by atoms with Gasteiger partial charge in [0.2, 0.25) is 0 Å². The van der Waals surface area contributed by atoms with Gasteiger partial charge in [0.25, 0.3) is 11.8 Å². The molecule has 1 saturated carbocycles. The number of nitrogens with one attached hydrogen (secondary N) is 2. The maximum atomic E-state index is 12.3. The summed E-state index contributed by atoms with van der Waals surface area (Å²) in [5.74, 6) is 5.43. The lowest BCUT2D eigenvalue weighted by Gasteiger charge is -2.29. The molecule has 1 fully saturated rings. The molecule has 1 aliphatic carbocycles. The standard InChI is InChI=1S/C19H23N3O3/c1-19(2,20)16(18(24)22-25)21-17(23)15-11-9-14(10-12-15)6-4-3-5-13-7-8-13/h3,5,9-13,16,25H,7-8,20H2,1-2H3,(H,21,23)(H,22,24)/b5-3+. The van der Waals surface area contributed by atoms with Gasteiger partial charge in [0.15, 0.2) is 0 Å². The van der Waals surface area contributed by atoms with E-state index < -0.39 is 23.4 Å². The molecule has 0 spiro atoms. The van der Waals surface area contributed by atoms with Crippen molar-refractivity contribution < 1.29 is 14.8 Å². The molecule has 6 heteroatoms. The van der Waals surface area contributed by atoms with Crippen molar-refractivity contribution in [1.82, 2.24) is 10.8 Å². The van der Waals surface area contributed by atoms with Crippen molar-refractivity contribution >= 4 is 11.8 Å². The molecule has 2 rings (SSSR count). The van der Waals surface area contributed by atoms with Crippen molar-refractivity contribution in [3.63, 3.8) is 0 Å². The highest BCUT2D eigenvalue weighted by atomic mass is 16.5. The fourth-order valence-electron chi connectivity index (χ4n) is 2.17. The van der Waals surface area contributed by atoms with E-state index in [1.807, 2.05) is 6.08 Å². The molecule has 0 heterocycles. The van der Waals surface area contributed by atoms with Gasteiger partial charge >= 0.3 is 0 Å². The van der Waals surface area contributed by atoms with Gasteiger partial charge in [-0.05, 0) is 62.9 Å². The summed E-state index contributed by atoms with van der Waals surface area (Å²) < 4.78 is 0. The van der Waals surface area contributed by atoms with Crippen molar-refractivity contribution in [3.05, 3.63) is 47.5 Å². The number of carbonyl (C=O) groups excluding carboxylic acids is 2. The molecule has 0 bridgehead atoms. The normalized spacial score (nSPS) is 15.2. The van der Waals surface area contributed by atoms with E-state index in [2.05, 4.69) is 23.2 Å². The maximum absolute atomic E-state index is 12.3. The average molecular weight is 341 g/mol. The van der Waals surface area contributed by atoms with Crippen LogP contribution in [-0.2, 0) is 4.79 Å². The van der Waals surface area contributed by atoms with E-state index in [4.69, 9.17) is 10.9 Å². The van der Waals surface area contributed by atoms with Gasteiger partial charge in [0.1, 0.15) is 6.04 Å². The van der Waals surface area contributed by atoms with Crippen LogP contribution in [0.15, 0.2) is 36.4 Å². The summed E-state index contributed by atoms with van der Waals surface area (Å²) in [4.78, 5) is 24.0. The zero-order chi connectivity index (χ0) is 18.4. The fraction of sp³-hybridized carbons (Fsp3) is 0.368. The summed E-state index contributed by atoms with van der Waals surface area (Å²) >= 11 is 0. The minimum Gasteiger partial charge on any atom is -0.338 e. The molecule has 1 aromatic rings. The van der Waals surface area contributed by atoms with Gasteiger partial charge in [-0.15, -0.1) is 0 Å². The molecule has 1 atom stereocenters. The Hall–Kier alpha value is -2.62. The largest absolute Gasteiger partial charge is 0.338 e. The van der Waals surface area contributed by atoms with Gasteiger partial charge < -0.3 is 11.1 Å². The van der Waals surface area contributed by atoms with Crippen LogP contribution in [0.3, 0.4) is 0 Å². The highest BCUT2D eigenvalue weighted by Gasteiger charge is 2.33. The smallest absolute Gasteiger partial charge is 0.267 e. The lowest BCUT2D eigenvalue weighted by Crippen LogP contribution is -2.61. The molecule has 6 nitrogen and oxygen atoms in total. The first-order valence-corrected chi connectivity index (χ1v) is 8.13. The lowest BCUT2D eigenvalue weighted by molar-refractivity contribution is -0.132. The Labute approximate surface area is 147 Å². The molecule has 0 aromatic heterocycles. The van der Waals surface area contributed by atoms with E-state index in [9.17, 15) is 9.59 Å². The third-order valence-corrected chi connectivity index (χ3v) is 3.83. The predicted octanol–water partition coefficient (Wildman–Crippen LogP) is 1.35. The molecular weight excluding hydrogens is 318 g/mol. The lowest BCUT2D eigenvalue weighted by atomic mass is 9.95. The Morgan fingerprint density at radius 3 is 2.48 bits per heavy atom. The Kier molecular flexibility index (Phi) is 5.97. The molecule has 25 heavy (non-hydrogen) atoms. The molecule has 132 valence electrons. The Morgan fingerprint density at radius 1 is 1.32 bits per heavy atom. The number of hydroxylamine groups is 1. The number of amides is 2. The number of allylic oxidation sites excluding steroid dienone is 2. The summed E-state index contributed by atoms with van der Waals surface area (Å²) in [6, 6.07) is 5.66. The van der Waals surface area contributed by atoms with E-state index in [0.717, 1.165) is 5.56 Å². The van der Waals surface area contributed by atoms with Crippen molar-refractivity contribution in [2.24, 2.45) is 11.7 Å². The van der Waals surface area contributed by atoms with E-state index in [1.165, 1.54) is 18.3 Å². The summed E-state index contributed by atoms with van der Waals surface area (Å²) in [7, 11) is 0. The Bertz CT molecular complexity index is 717. The highest BCUT2D eigenvalue weighted by molar-refractivity contribution is 5.97. The quantitative estimate of drug-likeness (QED) is 0.368. The zero-order valence-corrected chi connectivity index (χ0v) is 14.4. The van der Waals surface area contributed by atoms with Gasteiger partial charge in [-0.3, -0.25) is 14.8 Å². The second-order valence-corrected chi connectivity index (χ2v) is 6.75. The SMILES string of the molecule is CC(C)(N)C(NC(=O)c1ccc(C#C/C=C/C2CC2)cc1)C(=O)NO. The monoisotopic (exact) mass is 341 g/mol. The minimum atomic E-state index is -1.07. The van der Waals surface area contributed by atoms with Crippen molar-refractivity contribution in [2.75, 3.05) is 0 Å². The van der Waals surface area contributed by atoms with Gasteiger partial charge in [0.05, 0.1) is 0 Å². The fourth-order valence-corrected chi connectivity index (χ4v) is 2.17. The third kappa shape index (κ3) is 5.75. The molecule has 1 unspecified atom stereocenters. The minimum absolute atomic E-state index is 0.374. The summed E-state index contributed by atoms with van der Waals surface area (Å²) in [5, 5.41) is 11.3. The first-order chi connectivity index (χ1) is 11.8. The van der Waals surface area contributed by atoms with Crippen LogP contribution in [0.4, 0.5) is 0 Å². The van der Waals surface area contributed by atoms with Gasteiger partial charge in [-0.25, -0.2) is 5.48 Å². The van der Waals surface area contributed by atoms with Crippen LogP contribution in [0, 0.1) is 17.8 Å². The van der Waals surface area contributed by atoms with Crippen LogP contribution >= 0.6 is 0 Å². The molecule has 0 radical (unpaired) electrons. The van der Waals surface area contributed by atoms with E-state index in [1.54, 1.807) is 38.1 Å². The molecule has 5 N–H and O–H groups in total. The molecule has 1 aliphatic rings. The maximum Gasteiger partial charge on any atom is 0.267 e. The molecule has 2 amide bonds. The second-order valence-electron chi connectivity index (χ2n) is 6.75. The number of hydrogen-bond donors (Lipinski definition) is 4. The second kappa shape index (κ2) is 7.97. The van der Waals surface area contributed by atoms with Crippen LogP contribution in [0.5, 0.6) is 0 Å². The number of nitrogens with two attached hydrogens (primary N) is 1. The highest BCUT2D eigenvalue weighted by Crippen LogP contribution is 2.29. The van der Waals surface area contributed by atoms with Crippen LogP contribution in [0.25, 0.3) is 0 Å². The molecule has 0 aliphatic heterocycles. The van der Waals surface area contributed by atoms with Gasteiger partial charge in [0, 0.05) is 16.7 Å². The molecule has 0 saturated heterocycles. The summed E-state index contributed by atoms with van der Waals surface area (Å²) in [5.41, 5.74) is 7.54. The summed E-state index contributed by atoms with van der Waals surface area (Å²) in [6.45, 7) is 3.17. The van der Waals surface area contributed by atoms with Gasteiger partial charge in [-0.1, -0.05) is 17.9 Å². The number of carbonyl (C=O) groups is 2. The third-order valence-electron chi connectivity index (χ3n) is 3.83. The van der Waals surface area contributed by atoms with Crippen LogP contribution in [-0.4, -0.2) is 28.6 Å². The Balaban J connectivity index is 2.02. The summed E-state index contributed by atoms with van der Waals surface area (Å²) in [6.07, 6.45) is 6.46. The van der Waals surface area contributed by atoms with Gasteiger partial charge in [-0.2, -0.15) is 0 Å². The average Bonchev–Trinajstić information content (AvgIpc) is 3.39. The Morgan fingerprint density at radius 2 is 1.96 bits per heavy atom. The van der Waals surface area contributed by atoms with Crippen LogP contribution in [0.2, 0.25) is 0 Å². The molecule has 1 aromatic carbocycles. The number of hydrogen-bond acceptors (Lipinski definition) is 4. The number of benzene rings is 1. The van der Waals surface area contributed by atoms with E-state index in [0.29, 0.717) is 11.5 Å². The molecular formula is C19H23N3O3. The predicted molar refractivity (Wildman–Crippen MR) is 94.6 cm³/mol. The van der Waals surface area contributed by atoms with Crippen molar-refractivity contribution in [2.45, 2.75) is 38.3 Å². The van der Waals surface area contributed by atoms with E-state index in [-0.39, 0.29) is 0 Å². The first-order valence-electron chi connectivity index (χ1n) is 8.13. The zero-order valence-electron chi connectivity index (χ0n) is 14.4. The topological polar surface area (TPSA) is 104 Å². The number of rotatable bonds is 5. The van der Waals surface area contributed by atoms with Crippen LogP contribution in [0.1, 0.15) is 42.6 Å². The van der Waals surface area contributed by atoms with Crippen molar-refractivity contribution in [1.29, 1.82) is 0 Å². The van der Waals surface area contributed by atoms with Crippen molar-refractivity contribution in [3.8, 4) is 11.8 Å². The first kappa shape index (κ1) is 18.7.